The van der Waals surface area contributed by atoms with Crippen LogP contribution in [-0.2, 0) is 11.3 Å². The van der Waals surface area contributed by atoms with Gasteiger partial charge in [-0.15, -0.1) is 11.3 Å². The van der Waals surface area contributed by atoms with Crippen molar-refractivity contribution in [2.75, 3.05) is 13.1 Å². The first-order valence-corrected chi connectivity index (χ1v) is 10.4. The molecule has 0 radical (unpaired) electrons. The molecule has 148 valence electrons. The number of hydrogen-bond donors (Lipinski definition) is 1. The second-order valence-corrected chi connectivity index (χ2v) is 8.25. The van der Waals surface area contributed by atoms with E-state index < -0.39 is 17.5 Å². The molecule has 0 atom stereocenters. The number of amides is 2. The second kappa shape index (κ2) is 7.95. The normalized spacial score (nSPS) is 17.6. The fraction of sp³-hybridized carbons (Fsp3) is 0.450. The first-order valence-electron chi connectivity index (χ1n) is 9.47. The SMILES string of the molecule is O=C(NCc1csc(C2CCN(C(=O)c3cc(F)ccc3F)CC2)n1)C1CC1. The van der Waals surface area contributed by atoms with Crippen molar-refractivity contribution in [3.63, 3.8) is 0 Å². The topological polar surface area (TPSA) is 62.3 Å². The standard InChI is InChI=1S/C20H21F2N3O2S/c21-14-3-4-17(22)16(9-14)20(27)25-7-5-13(6-8-25)19-24-15(11-28-19)10-23-18(26)12-1-2-12/h3-4,9,11-13H,1-2,5-8,10H2,(H,23,26). The molecule has 2 fully saturated rings. The summed E-state index contributed by atoms with van der Waals surface area (Å²) >= 11 is 1.57. The molecule has 5 nitrogen and oxygen atoms in total. The summed E-state index contributed by atoms with van der Waals surface area (Å²) in [7, 11) is 0. The predicted molar refractivity (Wildman–Crippen MR) is 101 cm³/mol. The van der Waals surface area contributed by atoms with Crippen LogP contribution in [0.4, 0.5) is 8.78 Å². The molecular weight excluding hydrogens is 384 g/mol. The largest absolute Gasteiger partial charge is 0.350 e. The highest BCUT2D eigenvalue weighted by molar-refractivity contribution is 7.09. The van der Waals surface area contributed by atoms with Crippen LogP contribution in [-0.4, -0.2) is 34.8 Å². The molecule has 0 spiro atoms. The number of aromatic nitrogens is 1. The minimum Gasteiger partial charge on any atom is -0.350 e. The van der Waals surface area contributed by atoms with Gasteiger partial charge in [0.2, 0.25) is 5.91 Å². The van der Waals surface area contributed by atoms with Gasteiger partial charge in [-0.25, -0.2) is 13.8 Å². The van der Waals surface area contributed by atoms with E-state index in [9.17, 15) is 18.4 Å². The van der Waals surface area contributed by atoms with E-state index in [1.807, 2.05) is 5.38 Å². The third-order valence-electron chi connectivity index (χ3n) is 5.25. The molecule has 0 bridgehead atoms. The van der Waals surface area contributed by atoms with Crippen LogP contribution in [0.25, 0.3) is 0 Å². The van der Waals surface area contributed by atoms with Crippen molar-refractivity contribution in [3.05, 3.63) is 51.5 Å². The maximum absolute atomic E-state index is 13.9. The first-order chi connectivity index (χ1) is 13.5. The van der Waals surface area contributed by atoms with Gasteiger partial charge in [-0.2, -0.15) is 0 Å². The lowest BCUT2D eigenvalue weighted by Crippen LogP contribution is -2.38. The molecule has 0 unspecified atom stereocenters. The summed E-state index contributed by atoms with van der Waals surface area (Å²) in [6.45, 7) is 1.40. The molecule has 1 aromatic heterocycles. The van der Waals surface area contributed by atoms with Crippen LogP contribution in [0.5, 0.6) is 0 Å². The van der Waals surface area contributed by atoms with Gasteiger partial charge in [0.05, 0.1) is 22.8 Å². The van der Waals surface area contributed by atoms with Crippen LogP contribution in [0.15, 0.2) is 23.6 Å². The Morgan fingerprint density at radius 2 is 1.93 bits per heavy atom. The van der Waals surface area contributed by atoms with Gasteiger partial charge < -0.3 is 10.2 Å². The number of rotatable bonds is 5. The van der Waals surface area contributed by atoms with Gasteiger partial charge in [0, 0.05) is 30.3 Å². The third-order valence-corrected chi connectivity index (χ3v) is 6.31. The molecule has 2 aromatic rings. The van der Waals surface area contributed by atoms with E-state index in [-0.39, 0.29) is 23.3 Å². The van der Waals surface area contributed by atoms with Gasteiger partial charge in [-0.1, -0.05) is 0 Å². The van der Waals surface area contributed by atoms with Gasteiger partial charge in [-0.3, -0.25) is 9.59 Å². The summed E-state index contributed by atoms with van der Waals surface area (Å²) in [4.78, 5) is 30.4. The Hall–Kier alpha value is -2.35. The molecule has 1 aromatic carbocycles. The van der Waals surface area contributed by atoms with Crippen molar-refractivity contribution >= 4 is 23.2 Å². The molecule has 28 heavy (non-hydrogen) atoms. The van der Waals surface area contributed by atoms with Crippen LogP contribution in [0.3, 0.4) is 0 Å². The molecule has 1 N–H and O–H groups in total. The lowest BCUT2D eigenvalue weighted by atomic mass is 9.97. The van der Waals surface area contributed by atoms with Crippen LogP contribution >= 0.6 is 11.3 Å². The Morgan fingerprint density at radius 1 is 1.18 bits per heavy atom. The number of hydrogen-bond acceptors (Lipinski definition) is 4. The quantitative estimate of drug-likeness (QED) is 0.829. The Bertz CT molecular complexity index is 889. The zero-order chi connectivity index (χ0) is 19.7. The summed E-state index contributed by atoms with van der Waals surface area (Å²) in [6, 6.07) is 2.94. The number of piperidine rings is 1. The number of likely N-dealkylation sites (tertiary alicyclic amines) is 1. The minimum atomic E-state index is -0.702. The number of carbonyl (C=O) groups excluding carboxylic acids is 2. The number of nitrogens with zero attached hydrogens (tertiary/aromatic N) is 2. The summed E-state index contributed by atoms with van der Waals surface area (Å²) in [5.41, 5.74) is 0.635. The number of thiazole rings is 1. The van der Waals surface area contributed by atoms with Gasteiger partial charge in [0.25, 0.3) is 5.91 Å². The number of benzene rings is 1. The van der Waals surface area contributed by atoms with Crippen LogP contribution in [0.1, 0.15) is 52.7 Å². The zero-order valence-corrected chi connectivity index (χ0v) is 16.1. The van der Waals surface area contributed by atoms with E-state index in [1.54, 1.807) is 16.2 Å². The number of nitrogens with one attached hydrogen (secondary N) is 1. The summed E-state index contributed by atoms with van der Waals surface area (Å²) in [6.07, 6.45) is 3.41. The van der Waals surface area contributed by atoms with E-state index in [0.717, 1.165) is 54.6 Å². The van der Waals surface area contributed by atoms with Crippen LogP contribution < -0.4 is 5.32 Å². The Balaban J connectivity index is 1.32. The average Bonchev–Trinajstić information content (AvgIpc) is 3.46. The van der Waals surface area contributed by atoms with Gasteiger partial charge in [0.1, 0.15) is 11.6 Å². The summed E-state index contributed by atoms with van der Waals surface area (Å²) in [5.74, 6) is -1.28. The molecule has 1 saturated heterocycles. The van der Waals surface area contributed by atoms with Crippen molar-refractivity contribution < 1.29 is 18.4 Å². The molecule has 1 saturated carbocycles. The van der Waals surface area contributed by atoms with Gasteiger partial charge in [-0.05, 0) is 43.9 Å². The monoisotopic (exact) mass is 405 g/mol. The number of carbonyl (C=O) groups is 2. The Labute approximate surface area is 165 Å². The highest BCUT2D eigenvalue weighted by Crippen LogP contribution is 2.31. The third kappa shape index (κ3) is 4.22. The molecule has 2 amide bonds. The molecule has 2 aliphatic rings. The van der Waals surface area contributed by atoms with Crippen molar-refractivity contribution in [1.29, 1.82) is 0 Å². The fourth-order valence-electron chi connectivity index (χ4n) is 3.42. The van der Waals surface area contributed by atoms with E-state index in [2.05, 4.69) is 10.3 Å². The highest BCUT2D eigenvalue weighted by atomic mass is 32.1. The van der Waals surface area contributed by atoms with Crippen molar-refractivity contribution in [1.82, 2.24) is 15.2 Å². The Morgan fingerprint density at radius 3 is 2.64 bits per heavy atom. The molecular formula is C20H21F2N3O2S. The smallest absolute Gasteiger partial charge is 0.256 e. The van der Waals surface area contributed by atoms with E-state index in [0.29, 0.717) is 19.6 Å². The zero-order valence-electron chi connectivity index (χ0n) is 15.3. The maximum Gasteiger partial charge on any atom is 0.256 e. The fourth-order valence-corrected chi connectivity index (χ4v) is 4.41. The Kier molecular flexibility index (Phi) is 5.39. The molecule has 1 aliphatic heterocycles. The average molecular weight is 405 g/mol. The minimum absolute atomic E-state index is 0.103. The highest BCUT2D eigenvalue weighted by Gasteiger charge is 2.30. The van der Waals surface area contributed by atoms with E-state index in [1.165, 1.54) is 0 Å². The van der Waals surface area contributed by atoms with Crippen LogP contribution in [0.2, 0.25) is 0 Å². The lowest BCUT2D eigenvalue weighted by Gasteiger charge is -2.31. The first kappa shape index (κ1) is 19.0. The molecule has 4 rings (SSSR count). The van der Waals surface area contributed by atoms with E-state index >= 15 is 0 Å². The van der Waals surface area contributed by atoms with Crippen molar-refractivity contribution in [2.24, 2.45) is 5.92 Å². The number of halogens is 2. The van der Waals surface area contributed by atoms with E-state index in [4.69, 9.17) is 0 Å². The van der Waals surface area contributed by atoms with Crippen molar-refractivity contribution in [3.8, 4) is 0 Å². The molecule has 8 heteroatoms. The second-order valence-electron chi connectivity index (χ2n) is 7.36. The lowest BCUT2D eigenvalue weighted by molar-refractivity contribution is -0.122. The van der Waals surface area contributed by atoms with Crippen molar-refractivity contribution in [2.45, 2.75) is 38.1 Å². The predicted octanol–water partition coefficient (Wildman–Crippen LogP) is 3.47. The van der Waals surface area contributed by atoms with Gasteiger partial charge in [0.15, 0.2) is 0 Å². The van der Waals surface area contributed by atoms with Gasteiger partial charge >= 0.3 is 0 Å². The maximum atomic E-state index is 13.9. The summed E-state index contributed by atoms with van der Waals surface area (Å²) in [5, 5.41) is 5.87. The summed E-state index contributed by atoms with van der Waals surface area (Å²) < 4.78 is 27.2. The molecule has 2 heterocycles. The van der Waals surface area contributed by atoms with Crippen LogP contribution in [0, 0.1) is 17.6 Å². The molecule has 1 aliphatic carbocycles.